The summed E-state index contributed by atoms with van der Waals surface area (Å²) >= 11 is 0. The summed E-state index contributed by atoms with van der Waals surface area (Å²) < 4.78 is 23.0. The number of anilines is 1. The number of ether oxygens (including phenoxy) is 1. The first-order valence-corrected chi connectivity index (χ1v) is 9.68. The molecule has 0 saturated heterocycles. The first kappa shape index (κ1) is 19.0. The minimum absolute atomic E-state index is 0.216. The number of rotatable bonds is 1. The number of aryl methyl sites for hydroxylation is 1. The Balaban J connectivity index is 1.66. The van der Waals surface area contributed by atoms with Crippen LogP contribution in [0.15, 0.2) is 37.1 Å². The zero-order valence-corrected chi connectivity index (χ0v) is 16.8. The van der Waals surface area contributed by atoms with Crippen molar-refractivity contribution < 1.29 is 13.9 Å². The van der Waals surface area contributed by atoms with E-state index in [1.54, 1.807) is 28.5 Å². The number of aromatic nitrogens is 6. The second-order valence-electron chi connectivity index (χ2n) is 7.34. The molecule has 0 saturated carbocycles. The Morgan fingerprint density at radius 2 is 2.03 bits per heavy atom. The Morgan fingerprint density at radius 1 is 1.16 bits per heavy atom. The molecule has 31 heavy (non-hydrogen) atoms. The number of carbonyl (C=O) groups is 1. The van der Waals surface area contributed by atoms with Crippen molar-refractivity contribution in [3.05, 3.63) is 54.0 Å². The Morgan fingerprint density at radius 3 is 2.84 bits per heavy atom. The highest BCUT2D eigenvalue weighted by molar-refractivity contribution is 6.00. The summed E-state index contributed by atoms with van der Waals surface area (Å²) in [6.45, 7) is 2.26. The lowest BCUT2D eigenvalue weighted by Gasteiger charge is -2.17. The van der Waals surface area contributed by atoms with Gasteiger partial charge in [0.25, 0.3) is 5.91 Å². The van der Waals surface area contributed by atoms with Crippen molar-refractivity contribution >= 4 is 17.4 Å². The first-order chi connectivity index (χ1) is 15.0. The van der Waals surface area contributed by atoms with E-state index in [1.807, 2.05) is 13.2 Å². The summed E-state index contributed by atoms with van der Waals surface area (Å²) in [6, 6.07) is 1.37. The number of carbonyl (C=O) groups excluding carboxylic acids is 1. The van der Waals surface area contributed by atoms with Crippen molar-refractivity contribution in [1.29, 1.82) is 0 Å². The van der Waals surface area contributed by atoms with Crippen molar-refractivity contribution in [3.8, 4) is 17.0 Å². The Hall–Kier alpha value is -4.02. The molecule has 0 spiro atoms. The number of pyridine rings is 1. The number of amides is 1. The lowest BCUT2D eigenvalue weighted by atomic mass is 10.1. The van der Waals surface area contributed by atoms with Gasteiger partial charge in [0.15, 0.2) is 5.65 Å². The third-order valence-corrected chi connectivity index (χ3v) is 4.95. The topological polar surface area (TPSA) is 111 Å². The SMILES string of the molecule is CC1CNC(=O)c2cnn3cc(-c4cnn(C)c4)c(nc23)NCc2cc(F)cnc2O1. The van der Waals surface area contributed by atoms with E-state index in [9.17, 15) is 9.18 Å². The predicted molar refractivity (Wildman–Crippen MR) is 109 cm³/mol. The van der Waals surface area contributed by atoms with Crippen LogP contribution in [0.3, 0.4) is 0 Å². The van der Waals surface area contributed by atoms with Gasteiger partial charge in [0, 0.05) is 42.7 Å². The molecular weight excluding hydrogens is 403 g/mol. The molecule has 1 aliphatic heterocycles. The second-order valence-corrected chi connectivity index (χ2v) is 7.34. The van der Waals surface area contributed by atoms with E-state index in [1.165, 1.54) is 12.3 Å². The van der Waals surface area contributed by atoms with Gasteiger partial charge >= 0.3 is 0 Å². The van der Waals surface area contributed by atoms with Gasteiger partial charge in [-0.25, -0.2) is 18.9 Å². The van der Waals surface area contributed by atoms with Gasteiger partial charge in [-0.3, -0.25) is 9.48 Å². The maximum atomic E-state index is 13.9. The largest absolute Gasteiger partial charge is 0.473 e. The van der Waals surface area contributed by atoms with Gasteiger partial charge in [-0.1, -0.05) is 0 Å². The minimum Gasteiger partial charge on any atom is -0.473 e. The monoisotopic (exact) mass is 422 g/mol. The standard InChI is InChI=1S/C20H19FN8O2/c1-11-4-23-19(30)15-8-26-29-10-16(13-6-25-28(2)9-13)17(27-18(15)29)22-5-12-3-14(21)7-24-20(12)31-11/h3,6-11H,4-5H2,1-2H3,(H,22,27)(H,23,30). The van der Waals surface area contributed by atoms with Crippen LogP contribution >= 0.6 is 0 Å². The fraction of sp³-hybridized carbons (Fsp3) is 0.250. The summed E-state index contributed by atoms with van der Waals surface area (Å²) in [5, 5.41) is 14.6. The van der Waals surface area contributed by atoms with Gasteiger partial charge in [0.1, 0.15) is 23.3 Å². The molecule has 2 bridgehead atoms. The second kappa shape index (κ2) is 7.35. The van der Waals surface area contributed by atoms with Crippen LogP contribution in [-0.2, 0) is 13.6 Å². The third kappa shape index (κ3) is 3.54. The maximum Gasteiger partial charge on any atom is 0.256 e. The molecule has 5 rings (SSSR count). The van der Waals surface area contributed by atoms with Crippen LogP contribution in [0.5, 0.6) is 5.88 Å². The molecule has 5 heterocycles. The molecule has 158 valence electrons. The lowest BCUT2D eigenvalue weighted by Crippen LogP contribution is -2.33. The average Bonchev–Trinajstić information content (AvgIpc) is 3.36. The van der Waals surface area contributed by atoms with Gasteiger partial charge in [-0.15, -0.1) is 0 Å². The van der Waals surface area contributed by atoms with Crippen molar-refractivity contribution in [2.75, 3.05) is 11.9 Å². The van der Waals surface area contributed by atoms with Gasteiger partial charge in [0.05, 0.1) is 25.1 Å². The smallest absolute Gasteiger partial charge is 0.256 e. The average molecular weight is 422 g/mol. The van der Waals surface area contributed by atoms with Crippen molar-refractivity contribution in [2.45, 2.75) is 19.6 Å². The highest BCUT2D eigenvalue weighted by atomic mass is 19.1. The van der Waals surface area contributed by atoms with Crippen molar-refractivity contribution in [1.82, 2.24) is 34.7 Å². The quantitative estimate of drug-likeness (QED) is 0.481. The number of nitrogens with zero attached hydrogens (tertiary/aromatic N) is 6. The molecule has 10 nitrogen and oxygen atoms in total. The molecule has 4 aromatic heterocycles. The fourth-order valence-electron chi connectivity index (χ4n) is 3.42. The lowest BCUT2D eigenvalue weighted by molar-refractivity contribution is 0.0932. The van der Waals surface area contributed by atoms with Gasteiger partial charge in [-0.2, -0.15) is 10.2 Å². The van der Waals surface area contributed by atoms with Crippen LogP contribution in [0.4, 0.5) is 10.2 Å². The molecule has 1 amide bonds. The molecule has 2 N–H and O–H groups in total. The van der Waals surface area contributed by atoms with Crippen LogP contribution in [0.1, 0.15) is 22.8 Å². The number of hydrogen-bond acceptors (Lipinski definition) is 7. The summed E-state index contributed by atoms with van der Waals surface area (Å²) in [7, 11) is 1.82. The summed E-state index contributed by atoms with van der Waals surface area (Å²) in [5.74, 6) is 0.00687. The Bertz CT molecular complexity index is 1300. The zero-order valence-electron chi connectivity index (χ0n) is 16.8. The van der Waals surface area contributed by atoms with Gasteiger partial charge in [0.2, 0.25) is 5.88 Å². The van der Waals surface area contributed by atoms with Crippen LogP contribution < -0.4 is 15.4 Å². The molecule has 0 fully saturated rings. The van der Waals surface area contributed by atoms with E-state index in [-0.39, 0.29) is 25.1 Å². The molecular formula is C20H19FN8O2. The maximum absolute atomic E-state index is 13.9. The Labute approximate surface area is 176 Å². The number of nitrogens with one attached hydrogen (secondary N) is 2. The third-order valence-electron chi connectivity index (χ3n) is 4.95. The van der Waals surface area contributed by atoms with Crippen molar-refractivity contribution in [3.63, 3.8) is 0 Å². The first-order valence-electron chi connectivity index (χ1n) is 9.68. The van der Waals surface area contributed by atoms with Crippen LogP contribution in [0.25, 0.3) is 16.8 Å². The van der Waals surface area contributed by atoms with Crippen LogP contribution in [-0.4, -0.2) is 47.9 Å². The minimum atomic E-state index is -0.469. The van der Waals surface area contributed by atoms with Gasteiger partial charge in [-0.05, 0) is 13.0 Å². The number of hydrogen-bond donors (Lipinski definition) is 2. The highest BCUT2D eigenvalue weighted by Crippen LogP contribution is 2.29. The normalized spacial score (nSPS) is 16.5. The zero-order chi connectivity index (χ0) is 21.5. The molecule has 0 aliphatic carbocycles. The summed E-state index contributed by atoms with van der Waals surface area (Å²) in [4.78, 5) is 21.5. The van der Waals surface area contributed by atoms with Gasteiger partial charge < -0.3 is 15.4 Å². The number of halogens is 1. The van der Waals surface area contributed by atoms with E-state index in [0.717, 1.165) is 17.3 Å². The van der Waals surface area contributed by atoms with E-state index < -0.39 is 5.82 Å². The molecule has 1 unspecified atom stereocenters. The summed E-state index contributed by atoms with van der Waals surface area (Å²) in [5.41, 5.74) is 2.82. The van der Waals surface area contributed by atoms with Crippen LogP contribution in [0, 0.1) is 5.82 Å². The molecule has 1 atom stereocenters. The molecule has 4 aromatic rings. The van der Waals surface area contributed by atoms with E-state index in [2.05, 4.69) is 30.8 Å². The van der Waals surface area contributed by atoms with Crippen molar-refractivity contribution in [2.24, 2.45) is 7.05 Å². The molecule has 0 aromatic carbocycles. The fourth-order valence-corrected chi connectivity index (χ4v) is 3.42. The molecule has 11 heteroatoms. The molecule has 0 radical (unpaired) electrons. The van der Waals surface area contributed by atoms with E-state index in [4.69, 9.17) is 4.74 Å². The predicted octanol–water partition coefficient (Wildman–Crippen LogP) is 1.79. The Kier molecular flexibility index (Phi) is 4.50. The summed E-state index contributed by atoms with van der Waals surface area (Å²) in [6.07, 6.45) is 7.53. The van der Waals surface area contributed by atoms with Crippen LogP contribution in [0.2, 0.25) is 0 Å². The molecule has 1 aliphatic rings. The van der Waals surface area contributed by atoms with E-state index >= 15 is 0 Å². The number of fused-ring (bicyclic) bond motifs is 2. The highest BCUT2D eigenvalue weighted by Gasteiger charge is 2.21. The van der Waals surface area contributed by atoms with E-state index in [0.29, 0.717) is 28.5 Å².